The highest BCUT2D eigenvalue weighted by atomic mass is 79.9. The van der Waals surface area contributed by atoms with Crippen molar-refractivity contribution in [3.8, 4) is 11.5 Å². The number of aliphatic hydroxyl groups excluding tert-OH is 2. The molecule has 11 nitrogen and oxygen atoms in total. The van der Waals surface area contributed by atoms with E-state index in [1.807, 2.05) is 0 Å². The molecule has 4 aromatic carbocycles. The molecule has 0 amide bonds. The second kappa shape index (κ2) is 16.9. The number of fused-ring (bicyclic) bond motifs is 1. The number of methoxy groups -OCH3 is 2. The van der Waals surface area contributed by atoms with Gasteiger partial charge in [-0.2, -0.15) is 0 Å². The molecule has 3 atom stereocenters. The van der Waals surface area contributed by atoms with Crippen molar-refractivity contribution in [2.75, 3.05) is 20.8 Å². The van der Waals surface area contributed by atoms with Gasteiger partial charge < -0.3 is 34.5 Å². The number of esters is 4. The molecular weight excluding hydrogens is 722 g/mol. The van der Waals surface area contributed by atoms with Crippen LogP contribution < -0.4 is 14.8 Å². The molecule has 3 N–H and O–H groups in total. The van der Waals surface area contributed by atoms with E-state index in [-0.39, 0.29) is 16.5 Å². The number of carbonyl (C=O) groups is 4. The molecule has 12 heteroatoms. The molecule has 1 aliphatic heterocycles. The van der Waals surface area contributed by atoms with Gasteiger partial charge in [-0.3, -0.25) is 0 Å². The Labute approximate surface area is 303 Å². The quantitative estimate of drug-likeness (QED) is 0.151. The second-order valence-corrected chi connectivity index (χ2v) is 12.9. The number of ether oxygens (including phenoxy) is 4. The molecular formula is C39H38BrNO10. The van der Waals surface area contributed by atoms with Crippen molar-refractivity contribution in [3.05, 3.63) is 129 Å². The Morgan fingerprint density at radius 3 is 1.71 bits per heavy atom. The SMILES string of the molecule is COc1cc2c(cc1OC)C(C1(c3ccccc3Br)CCC1)NCC2.O=C(OC(=O)C(O)C(O)C(=O)OC(=O)c1ccccc1)c1ccccc1. The summed E-state index contributed by atoms with van der Waals surface area (Å²) in [6, 6.07) is 28.2. The fraction of sp³-hybridized carbons (Fsp3) is 0.282. The summed E-state index contributed by atoms with van der Waals surface area (Å²) < 4.78 is 21.1. The molecule has 1 fully saturated rings. The van der Waals surface area contributed by atoms with Crippen LogP contribution in [0.2, 0.25) is 0 Å². The molecule has 1 heterocycles. The van der Waals surface area contributed by atoms with Crippen LogP contribution in [-0.2, 0) is 30.9 Å². The molecule has 0 bridgehead atoms. The predicted octanol–water partition coefficient (Wildman–Crippen LogP) is 5.25. The van der Waals surface area contributed by atoms with Gasteiger partial charge in [0.1, 0.15) is 0 Å². The first-order valence-corrected chi connectivity index (χ1v) is 17.1. The van der Waals surface area contributed by atoms with Gasteiger partial charge in [-0.05, 0) is 85.0 Å². The van der Waals surface area contributed by atoms with Gasteiger partial charge in [0.2, 0.25) is 0 Å². The predicted molar refractivity (Wildman–Crippen MR) is 189 cm³/mol. The largest absolute Gasteiger partial charge is 0.493 e. The first-order valence-electron chi connectivity index (χ1n) is 16.3. The summed E-state index contributed by atoms with van der Waals surface area (Å²) >= 11 is 3.79. The van der Waals surface area contributed by atoms with Crippen molar-refractivity contribution < 1.29 is 48.3 Å². The smallest absolute Gasteiger partial charge is 0.346 e. The first-order chi connectivity index (χ1) is 24.6. The highest BCUT2D eigenvalue weighted by Gasteiger charge is 2.48. The lowest BCUT2D eigenvalue weighted by atomic mass is 9.58. The lowest BCUT2D eigenvalue weighted by Gasteiger charge is -2.51. The Morgan fingerprint density at radius 1 is 0.745 bits per heavy atom. The van der Waals surface area contributed by atoms with Crippen LogP contribution in [0.3, 0.4) is 0 Å². The van der Waals surface area contributed by atoms with Crippen LogP contribution >= 0.6 is 15.9 Å². The normalized spacial score (nSPS) is 16.8. The molecule has 0 saturated heterocycles. The third kappa shape index (κ3) is 8.37. The van der Waals surface area contributed by atoms with E-state index < -0.39 is 36.1 Å². The van der Waals surface area contributed by atoms with E-state index in [0.717, 1.165) is 24.5 Å². The van der Waals surface area contributed by atoms with Gasteiger partial charge in [0.15, 0.2) is 23.7 Å². The third-order valence-electron chi connectivity index (χ3n) is 9.10. The minimum atomic E-state index is -2.40. The van der Waals surface area contributed by atoms with Crippen LogP contribution in [0.4, 0.5) is 0 Å². The molecule has 2 aliphatic rings. The van der Waals surface area contributed by atoms with E-state index in [0.29, 0.717) is 6.04 Å². The lowest BCUT2D eigenvalue weighted by molar-refractivity contribution is -0.166. The Balaban J connectivity index is 0.000000198. The van der Waals surface area contributed by atoms with E-state index in [4.69, 9.17) is 9.47 Å². The molecule has 1 aliphatic carbocycles. The highest BCUT2D eigenvalue weighted by molar-refractivity contribution is 9.10. The number of benzene rings is 4. The molecule has 1 saturated carbocycles. The van der Waals surface area contributed by atoms with Crippen molar-refractivity contribution in [1.82, 2.24) is 5.32 Å². The maximum atomic E-state index is 11.7. The van der Waals surface area contributed by atoms with Crippen LogP contribution in [0.25, 0.3) is 0 Å². The van der Waals surface area contributed by atoms with Gasteiger partial charge in [0.25, 0.3) is 0 Å². The van der Waals surface area contributed by atoms with E-state index >= 15 is 0 Å². The number of halogens is 1. The topological polar surface area (TPSA) is 158 Å². The average molecular weight is 761 g/mol. The Hall–Kier alpha value is -4.88. The van der Waals surface area contributed by atoms with E-state index in [1.54, 1.807) is 26.4 Å². The van der Waals surface area contributed by atoms with Gasteiger partial charge in [-0.15, -0.1) is 0 Å². The second-order valence-electron chi connectivity index (χ2n) is 12.1. The van der Waals surface area contributed by atoms with Gasteiger partial charge in [-0.1, -0.05) is 76.9 Å². The van der Waals surface area contributed by atoms with Gasteiger partial charge in [0.05, 0.1) is 25.3 Å². The fourth-order valence-corrected chi connectivity index (χ4v) is 7.02. The minimum absolute atomic E-state index is 0.0318. The third-order valence-corrected chi connectivity index (χ3v) is 9.79. The van der Waals surface area contributed by atoms with Crippen molar-refractivity contribution >= 4 is 39.8 Å². The molecule has 6 rings (SSSR count). The summed E-state index contributed by atoms with van der Waals surface area (Å²) in [5, 5.41) is 23.1. The zero-order valence-electron chi connectivity index (χ0n) is 28.0. The maximum absolute atomic E-state index is 11.7. The number of nitrogens with one attached hydrogen (secondary N) is 1. The number of carbonyl (C=O) groups excluding carboxylic acids is 4. The molecule has 0 radical (unpaired) electrons. The molecule has 51 heavy (non-hydrogen) atoms. The Morgan fingerprint density at radius 2 is 1.24 bits per heavy atom. The average Bonchev–Trinajstić information content (AvgIpc) is 3.14. The molecule has 3 unspecified atom stereocenters. The summed E-state index contributed by atoms with van der Waals surface area (Å²) in [5.41, 5.74) is 4.36. The fourth-order valence-electron chi connectivity index (χ4n) is 6.34. The van der Waals surface area contributed by atoms with Gasteiger partial charge in [-0.25, -0.2) is 19.2 Å². The summed E-state index contributed by atoms with van der Waals surface area (Å²) in [7, 11) is 3.42. The zero-order chi connectivity index (χ0) is 36.5. The summed E-state index contributed by atoms with van der Waals surface area (Å²) in [4.78, 5) is 46.8. The van der Waals surface area contributed by atoms with Crippen LogP contribution in [0.5, 0.6) is 11.5 Å². The molecule has 4 aromatic rings. The van der Waals surface area contributed by atoms with Gasteiger partial charge in [0, 0.05) is 15.9 Å². The standard InChI is InChI=1S/C21H24BrNO2.C18H14O8/c1-24-18-12-14-8-11-23-20(15(14)13-19(18)25-2)21(9-5-10-21)16-6-3-4-7-17(16)22;19-13(17(23)25-15(21)11-7-3-1-4-8-11)14(20)18(24)26-16(22)12-9-5-2-6-10-12/h3-4,6-7,12-13,20,23H,5,8-11H2,1-2H3;1-10,13-14,19-20H. The Bertz CT molecular complexity index is 1790. The summed E-state index contributed by atoms with van der Waals surface area (Å²) in [6.07, 6.45) is -0.0832. The monoisotopic (exact) mass is 759 g/mol. The van der Waals surface area contributed by atoms with Crippen molar-refractivity contribution in [2.24, 2.45) is 0 Å². The van der Waals surface area contributed by atoms with E-state index in [1.165, 1.54) is 89.0 Å². The first kappa shape index (κ1) is 37.4. The number of hydrogen-bond acceptors (Lipinski definition) is 11. The van der Waals surface area contributed by atoms with Crippen molar-refractivity contribution in [2.45, 2.75) is 49.3 Å². The number of aliphatic hydroxyl groups is 2. The summed E-state index contributed by atoms with van der Waals surface area (Å²) in [6.45, 7) is 0.999. The zero-order valence-corrected chi connectivity index (χ0v) is 29.6. The lowest BCUT2D eigenvalue weighted by Crippen LogP contribution is -2.49. The summed E-state index contributed by atoms with van der Waals surface area (Å²) in [5.74, 6) is -3.63. The molecule has 0 spiro atoms. The number of rotatable bonds is 9. The van der Waals surface area contributed by atoms with Crippen molar-refractivity contribution in [1.29, 1.82) is 0 Å². The van der Waals surface area contributed by atoms with E-state index in [2.05, 4.69) is 67.1 Å². The Kier molecular flexibility index (Phi) is 12.4. The molecule has 266 valence electrons. The van der Waals surface area contributed by atoms with Gasteiger partial charge >= 0.3 is 23.9 Å². The van der Waals surface area contributed by atoms with Crippen molar-refractivity contribution in [3.63, 3.8) is 0 Å². The van der Waals surface area contributed by atoms with Crippen LogP contribution in [0.1, 0.15) is 62.7 Å². The van der Waals surface area contributed by atoms with Crippen LogP contribution in [-0.4, -0.2) is 67.1 Å². The van der Waals surface area contributed by atoms with Crippen LogP contribution in [0.15, 0.2) is 102 Å². The minimum Gasteiger partial charge on any atom is -0.493 e. The maximum Gasteiger partial charge on any atom is 0.346 e. The number of hydrogen-bond donors (Lipinski definition) is 3. The van der Waals surface area contributed by atoms with Crippen LogP contribution in [0, 0.1) is 0 Å². The molecule has 0 aromatic heterocycles. The highest BCUT2D eigenvalue weighted by Crippen LogP contribution is 2.55. The van der Waals surface area contributed by atoms with E-state index in [9.17, 15) is 29.4 Å².